The highest BCUT2D eigenvalue weighted by Crippen LogP contribution is 2.56. The molecule has 2 aliphatic carbocycles. The molecule has 28 heavy (non-hydrogen) atoms. The number of benzene rings is 1. The summed E-state index contributed by atoms with van der Waals surface area (Å²) in [5.74, 6) is -4.24. The summed E-state index contributed by atoms with van der Waals surface area (Å²) in [5.41, 5.74) is 1.52. The van der Waals surface area contributed by atoms with Crippen LogP contribution in [0.4, 0.5) is 0 Å². The van der Waals surface area contributed by atoms with Crippen LogP contribution < -0.4 is 10.6 Å². The average molecular weight is 401 g/mol. The molecule has 7 nitrogen and oxygen atoms in total. The molecule has 3 N–H and O–H groups in total. The quantitative estimate of drug-likeness (QED) is 0.485. The average Bonchev–Trinajstić information content (AvgIpc) is 3.09. The Morgan fingerprint density at radius 2 is 1.57 bits per heavy atom. The van der Waals surface area contributed by atoms with Crippen molar-refractivity contribution in [2.75, 3.05) is 0 Å². The van der Waals surface area contributed by atoms with Crippen LogP contribution in [0.15, 0.2) is 29.8 Å². The Kier molecular flexibility index (Phi) is 3.68. The zero-order valence-corrected chi connectivity index (χ0v) is 15.4. The number of fused-ring (bicyclic) bond motifs is 4. The van der Waals surface area contributed by atoms with E-state index in [1.165, 1.54) is 12.1 Å². The van der Waals surface area contributed by atoms with Crippen LogP contribution in [0.1, 0.15) is 24.3 Å². The number of phenols is 1. The summed E-state index contributed by atoms with van der Waals surface area (Å²) in [5, 5.41) is 14.8. The highest BCUT2D eigenvalue weighted by Gasteiger charge is 2.58. The lowest BCUT2D eigenvalue weighted by Gasteiger charge is -2.44. The van der Waals surface area contributed by atoms with Gasteiger partial charge in [-0.2, -0.15) is 0 Å². The first-order valence-electron chi connectivity index (χ1n) is 9.24. The second-order valence-electron chi connectivity index (χ2n) is 7.94. The minimum absolute atomic E-state index is 0.00284. The van der Waals surface area contributed by atoms with Crippen LogP contribution in [0.5, 0.6) is 5.75 Å². The van der Waals surface area contributed by atoms with Gasteiger partial charge in [0.1, 0.15) is 5.75 Å². The van der Waals surface area contributed by atoms with E-state index >= 15 is 0 Å². The van der Waals surface area contributed by atoms with E-state index in [2.05, 4.69) is 10.6 Å². The number of amides is 4. The summed E-state index contributed by atoms with van der Waals surface area (Å²) in [6, 6.07) is 4.55. The number of phenolic OH excluding ortho intramolecular Hbond substituents is 1. The Balaban J connectivity index is 1.67. The highest BCUT2D eigenvalue weighted by molar-refractivity contribution is 6.31. The molecule has 0 spiro atoms. The van der Waals surface area contributed by atoms with Gasteiger partial charge in [0.2, 0.25) is 23.6 Å². The number of carbonyl (C=O) groups is 4. The van der Waals surface area contributed by atoms with E-state index in [-0.39, 0.29) is 35.3 Å². The minimum atomic E-state index is -0.617. The van der Waals surface area contributed by atoms with E-state index in [9.17, 15) is 24.3 Å². The summed E-state index contributed by atoms with van der Waals surface area (Å²) in [4.78, 5) is 49.7. The molecule has 2 heterocycles. The molecule has 0 radical (unpaired) electrons. The first-order chi connectivity index (χ1) is 13.4. The number of hydrogen-bond acceptors (Lipinski definition) is 5. The van der Waals surface area contributed by atoms with Gasteiger partial charge in [0, 0.05) is 10.9 Å². The van der Waals surface area contributed by atoms with Crippen LogP contribution in [0.25, 0.3) is 0 Å². The third-order valence-electron chi connectivity index (χ3n) is 6.65. The molecule has 2 aliphatic heterocycles. The van der Waals surface area contributed by atoms with E-state index in [1.54, 1.807) is 6.07 Å². The van der Waals surface area contributed by atoms with Gasteiger partial charge in [-0.3, -0.25) is 29.8 Å². The van der Waals surface area contributed by atoms with Crippen LogP contribution in [-0.4, -0.2) is 28.7 Å². The van der Waals surface area contributed by atoms with Gasteiger partial charge in [0.05, 0.1) is 23.7 Å². The predicted octanol–water partition coefficient (Wildman–Crippen LogP) is 1.26. The SMILES string of the molecule is O=C1NC(=O)C2C1CC=C1C2CC2C(=O)NC(=O)C2C1c1ccc(O)cc1Cl. The van der Waals surface area contributed by atoms with Crippen molar-refractivity contribution in [3.05, 3.63) is 40.4 Å². The lowest BCUT2D eigenvalue weighted by molar-refractivity contribution is -0.128. The fraction of sp³-hybridized carbons (Fsp3) is 0.400. The van der Waals surface area contributed by atoms with E-state index in [0.717, 1.165) is 5.57 Å². The largest absolute Gasteiger partial charge is 0.508 e. The second-order valence-corrected chi connectivity index (χ2v) is 8.34. The van der Waals surface area contributed by atoms with E-state index in [0.29, 0.717) is 23.4 Å². The molecule has 1 aromatic carbocycles. The number of nitrogens with one attached hydrogen (secondary N) is 2. The van der Waals surface area contributed by atoms with Gasteiger partial charge in [0.15, 0.2) is 0 Å². The molecule has 4 amide bonds. The van der Waals surface area contributed by atoms with Crippen molar-refractivity contribution in [2.24, 2.45) is 29.6 Å². The molecule has 0 aromatic heterocycles. The standard InChI is InChI=1S/C20H17ClN2O5/c21-13-5-7(24)1-2-9(13)14-8-3-4-10-15(19(27)22-17(10)25)11(8)6-12-16(14)20(28)23-18(12)26/h1-3,5,10-12,14-16,24H,4,6H2,(H,22,25,27)(H,23,26,28). The number of aromatic hydroxyl groups is 1. The highest BCUT2D eigenvalue weighted by atomic mass is 35.5. The Morgan fingerprint density at radius 3 is 2.29 bits per heavy atom. The predicted molar refractivity (Wildman–Crippen MR) is 96.9 cm³/mol. The molecule has 5 rings (SSSR count). The maximum Gasteiger partial charge on any atom is 0.231 e. The molecular formula is C20H17ClN2O5. The molecule has 0 bridgehead atoms. The molecule has 6 atom stereocenters. The van der Waals surface area contributed by atoms with Crippen molar-refractivity contribution in [1.29, 1.82) is 0 Å². The maximum atomic E-state index is 12.6. The third-order valence-corrected chi connectivity index (χ3v) is 6.98. The molecule has 4 aliphatic rings. The van der Waals surface area contributed by atoms with Gasteiger partial charge < -0.3 is 5.11 Å². The second kappa shape index (κ2) is 5.91. The third kappa shape index (κ3) is 2.29. The Morgan fingerprint density at radius 1 is 0.893 bits per heavy atom. The van der Waals surface area contributed by atoms with E-state index < -0.39 is 29.6 Å². The lowest BCUT2D eigenvalue weighted by Crippen LogP contribution is -2.42. The number of halogens is 1. The normalized spacial score (nSPS) is 36.2. The van der Waals surface area contributed by atoms with Crippen molar-refractivity contribution in [2.45, 2.75) is 18.8 Å². The van der Waals surface area contributed by atoms with Gasteiger partial charge in [-0.15, -0.1) is 0 Å². The fourth-order valence-corrected chi connectivity index (χ4v) is 5.82. The molecule has 3 fully saturated rings. The Bertz CT molecular complexity index is 987. The van der Waals surface area contributed by atoms with Gasteiger partial charge in [-0.25, -0.2) is 0 Å². The number of hydrogen-bond donors (Lipinski definition) is 3. The molecule has 1 saturated carbocycles. The van der Waals surface area contributed by atoms with Crippen molar-refractivity contribution < 1.29 is 24.3 Å². The molecule has 8 heteroatoms. The van der Waals surface area contributed by atoms with E-state index in [1.807, 2.05) is 6.08 Å². The number of imide groups is 2. The summed E-state index contributed by atoms with van der Waals surface area (Å²) < 4.78 is 0. The molecule has 144 valence electrons. The molecule has 6 unspecified atom stereocenters. The van der Waals surface area contributed by atoms with Crippen molar-refractivity contribution in [3.8, 4) is 5.75 Å². The van der Waals surface area contributed by atoms with Crippen molar-refractivity contribution in [3.63, 3.8) is 0 Å². The molecule has 1 aromatic rings. The number of allylic oxidation sites excluding steroid dienone is 2. The van der Waals surface area contributed by atoms with Crippen LogP contribution in [0.3, 0.4) is 0 Å². The molecular weight excluding hydrogens is 384 g/mol. The summed E-state index contributed by atoms with van der Waals surface area (Å²) in [6.45, 7) is 0. The Hall–Kier alpha value is -2.67. The summed E-state index contributed by atoms with van der Waals surface area (Å²) in [6.07, 6.45) is 2.69. The zero-order valence-electron chi connectivity index (χ0n) is 14.6. The first-order valence-corrected chi connectivity index (χ1v) is 9.62. The maximum absolute atomic E-state index is 12.6. The minimum Gasteiger partial charge on any atom is -0.508 e. The smallest absolute Gasteiger partial charge is 0.231 e. The van der Waals surface area contributed by atoms with Crippen LogP contribution >= 0.6 is 11.6 Å². The van der Waals surface area contributed by atoms with Gasteiger partial charge >= 0.3 is 0 Å². The van der Waals surface area contributed by atoms with Crippen molar-refractivity contribution in [1.82, 2.24) is 10.6 Å². The van der Waals surface area contributed by atoms with E-state index in [4.69, 9.17) is 11.6 Å². The summed E-state index contributed by atoms with van der Waals surface area (Å²) in [7, 11) is 0. The number of rotatable bonds is 1. The van der Waals surface area contributed by atoms with Crippen LogP contribution in [0.2, 0.25) is 5.02 Å². The number of carbonyl (C=O) groups excluding carboxylic acids is 4. The van der Waals surface area contributed by atoms with Crippen LogP contribution in [0, 0.1) is 29.6 Å². The van der Waals surface area contributed by atoms with Gasteiger partial charge in [-0.05, 0) is 36.5 Å². The Labute approximate surface area is 165 Å². The zero-order chi connectivity index (χ0) is 19.7. The van der Waals surface area contributed by atoms with Gasteiger partial charge in [-0.1, -0.05) is 29.3 Å². The topological polar surface area (TPSA) is 113 Å². The molecule has 2 saturated heterocycles. The van der Waals surface area contributed by atoms with Gasteiger partial charge in [0.25, 0.3) is 0 Å². The lowest BCUT2D eigenvalue weighted by atomic mass is 9.57. The van der Waals surface area contributed by atoms with Crippen molar-refractivity contribution >= 4 is 35.2 Å². The monoisotopic (exact) mass is 400 g/mol. The van der Waals surface area contributed by atoms with Crippen LogP contribution in [-0.2, 0) is 19.2 Å². The summed E-state index contributed by atoms with van der Waals surface area (Å²) >= 11 is 6.39. The first kappa shape index (κ1) is 17.4. The fourth-order valence-electron chi connectivity index (χ4n) is 5.52.